The van der Waals surface area contributed by atoms with Gasteiger partial charge in [-0.15, -0.1) is 11.3 Å². The summed E-state index contributed by atoms with van der Waals surface area (Å²) in [6.07, 6.45) is 2.83. The molecule has 33 heavy (non-hydrogen) atoms. The lowest BCUT2D eigenvalue weighted by Gasteiger charge is -2.24. The van der Waals surface area contributed by atoms with E-state index >= 15 is 0 Å². The Balaban J connectivity index is 1.85. The van der Waals surface area contributed by atoms with Crippen LogP contribution in [0.3, 0.4) is 0 Å². The molecule has 0 aliphatic carbocycles. The van der Waals surface area contributed by atoms with Crippen molar-refractivity contribution in [2.24, 2.45) is 0 Å². The van der Waals surface area contributed by atoms with Gasteiger partial charge < -0.3 is 10.6 Å². The number of thiazole rings is 1. The minimum absolute atomic E-state index is 0.00924. The number of rotatable bonds is 10. The highest BCUT2D eigenvalue weighted by atomic mass is 35.5. The summed E-state index contributed by atoms with van der Waals surface area (Å²) >= 11 is 7.53. The molecule has 3 N–H and O–H groups in total. The number of aromatic nitrogens is 3. The summed E-state index contributed by atoms with van der Waals surface area (Å²) < 4.78 is 1.30. The summed E-state index contributed by atoms with van der Waals surface area (Å²) in [7, 11) is 0. The summed E-state index contributed by atoms with van der Waals surface area (Å²) in [6.45, 7) is 4.58. The number of nitrogens with zero attached hydrogens (tertiary/aromatic N) is 3. The number of nitrogens with two attached hydrogens (primary N) is 1. The molecule has 0 aliphatic heterocycles. The van der Waals surface area contributed by atoms with E-state index in [4.69, 9.17) is 17.3 Å². The fourth-order valence-electron chi connectivity index (χ4n) is 3.54. The van der Waals surface area contributed by atoms with Gasteiger partial charge in [-0.2, -0.15) is 0 Å². The van der Waals surface area contributed by atoms with Gasteiger partial charge in [0.05, 0.1) is 17.1 Å². The predicted octanol–water partition coefficient (Wildman–Crippen LogP) is 3.61. The zero-order chi connectivity index (χ0) is 24.0. The number of nitrogen functional groups attached to an aromatic ring is 1. The molecule has 0 atom stereocenters. The van der Waals surface area contributed by atoms with E-state index in [0.29, 0.717) is 43.1 Å². The van der Waals surface area contributed by atoms with E-state index in [1.54, 1.807) is 0 Å². The van der Waals surface area contributed by atoms with Gasteiger partial charge in [-0.1, -0.05) is 44.0 Å². The number of H-pyrrole nitrogens is 1. The standard InChI is InChI=1S/C23H28ClN5O3S/c1-3-5-10-28(20-21(25)29(9-4-2)23(32)27-22(20)31)19(30)13-17-14-33-18(26-17)12-15-7-6-8-16(24)11-15/h6-8,11,14H,3-5,9-10,12-13,25H2,1-2H3,(H,27,31,32). The third-order valence-electron chi connectivity index (χ3n) is 5.14. The normalized spacial score (nSPS) is 11.0. The van der Waals surface area contributed by atoms with Crippen molar-refractivity contribution in [3.63, 3.8) is 0 Å². The number of carbonyl (C=O) groups is 1. The third kappa shape index (κ3) is 6.11. The van der Waals surface area contributed by atoms with Crippen molar-refractivity contribution in [3.05, 3.63) is 71.8 Å². The summed E-state index contributed by atoms with van der Waals surface area (Å²) in [4.78, 5) is 46.4. The highest BCUT2D eigenvalue weighted by molar-refractivity contribution is 7.09. The number of halogens is 1. The number of hydrogen-bond acceptors (Lipinski definition) is 6. The molecule has 8 nitrogen and oxygen atoms in total. The highest BCUT2D eigenvalue weighted by Gasteiger charge is 2.24. The van der Waals surface area contributed by atoms with Crippen molar-refractivity contribution < 1.29 is 4.79 Å². The van der Waals surface area contributed by atoms with E-state index in [9.17, 15) is 14.4 Å². The van der Waals surface area contributed by atoms with Crippen molar-refractivity contribution in [2.45, 2.75) is 52.5 Å². The molecule has 0 unspecified atom stereocenters. The van der Waals surface area contributed by atoms with Crippen LogP contribution < -0.4 is 21.9 Å². The second-order valence-electron chi connectivity index (χ2n) is 7.76. The number of carbonyl (C=O) groups excluding carboxylic acids is 1. The molecule has 0 aliphatic rings. The van der Waals surface area contributed by atoms with E-state index in [-0.39, 0.29) is 23.8 Å². The molecule has 2 aromatic heterocycles. The van der Waals surface area contributed by atoms with Gasteiger partial charge >= 0.3 is 5.69 Å². The highest BCUT2D eigenvalue weighted by Crippen LogP contribution is 2.21. The van der Waals surface area contributed by atoms with Crippen molar-refractivity contribution in [1.82, 2.24) is 14.5 Å². The molecule has 3 aromatic rings. The van der Waals surface area contributed by atoms with Gasteiger partial charge in [0.1, 0.15) is 5.82 Å². The SMILES string of the molecule is CCCCN(C(=O)Cc1csc(Cc2cccc(Cl)c2)n1)c1c(N)n(CCC)c(=O)[nH]c1=O. The summed E-state index contributed by atoms with van der Waals surface area (Å²) in [5, 5.41) is 3.38. The Labute approximate surface area is 201 Å². The lowest BCUT2D eigenvalue weighted by atomic mass is 10.2. The average Bonchev–Trinajstić information content (AvgIpc) is 3.19. The maximum Gasteiger partial charge on any atom is 0.330 e. The van der Waals surface area contributed by atoms with E-state index in [2.05, 4.69) is 9.97 Å². The van der Waals surface area contributed by atoms with Gasteiger partial charge in [0.15, 0.2) is 5.69 Å². The van der Waals surface area contributed by atoms with E-state index in [1.165, 1.54) is 20.8 Å². The fourth-order valence-corrected chi connectivity index (χ4v) is 4.59. The number of anilines is 2. The Morgan fingerprint density at radius 2 is 2.06 bits per heavy atom. The lowest BCUT2D eigenvalue weighted by Crippen LogP contribution is -2.42. The zero-order valence-corrected chi connectivity index (χ0v) is 20.3. The average molecular weight is 490 g/mol. The molecule has 10 heteroatoms. The number of hydrogen-bond donors (Lipinski definition) is 2. The minimum Gasteiger partial charge on any atom is -0.383 e. The second-order valence-corrected chi connectivity index (χ2v) is 9.14. The Morgan fingerprint density at radius 3 is 2.76 bits per heavy atom. The minimum atomic E-state index is -0.658. The van der Waals surface area contributed by atoms with Gasteiger partial charge in [0.25, 0.3) is 5.56 Å². The van der Waals surface area contributed by atoms with Gasteiger partial charge in [0.2, 0.25) is 5.91 Å². The molecule has 2 heterocycles. The molecule has 3 rings (SSSR count). The Morgan fingerprint density at radius 1 is 1.27 bits per heavy atom. The molecule has 0 saturated carbocycles. The quantitative estimate of drug-likeness (QED) is 0.451. The largest absolute Gasteiger partial charge is 0.383 e. The molecule has 1 amide bonds. The predicted molar refractivity (Wildman–Crippen MR) is 133 cm³/mol. The van der Waals surface area contributed by atoms with Crippen molar-refractivity contribution in [3.8, 4) is 0 Å². The molecule has 0 fully saturated rings. The number of unbranched alkanes of at least 4 members (excludes halogenated alkanes) is 1. The Bertz CT molecular complexity index is 1230. The van der Waals surface area contributed by atoms with Crippen LogP contribution in [0.1, 0.15) is 49.4 Å². The molecule has 176 valence electrons. The zero-order valence-electron chi connectivity index (χ0n) is 18.8. The summed E-state index contributed by atoms with van der Waals surface area (Å²) in [5.41, 5.74) is 6.66. The first-order valence-corrected chi connectivity index (χ1v) is 12.2. The Kier molecular flexibility index (Phi) is 8.46. The lowest BCUT2D eigenvalue weighted by molar-refractivity contribution is -0.118. The molecule has 1 aromatic carbocycles. The van der Waals surface area contributed by atoms with E-state index in [0.717, 1.165) is 17.0 Å². The molecular formula is C23H28ClN5O3S. The van der Waals surface area contributed by atoms with Crippen LogP contribution in [-0.2, 0) is 24.2 Å². The third-order valence-corrected chi connectivity index (χ3v) is 6.28. The van der Waals surface area contributed by atoms with Crippen LogP contribution in [0.25, 0.3) is 0 Å². The first kappa shape index (κ1) is 24.7. The van der Waals surface area contributed by atoms with Gasteiger partial charge in [-0.25, -0.2) is 9.78 Å². The van der Waals surface area contributed by atoms with Gasteiger partial charge in [0, 0.05) is 29.9 Å². The molecular weight excluding hydrogens is 462 g/mol. The fraction of sp³-hybridized carbons (Fsp3) is 0.391. The van der Waals surface area contributed by atoms with Crippen LogP contribution in [0.5, 0.6) is 0 Å². The van der Waals surface area contributed by atoms with E-state index in [1.807, 2.05) is 43.5 Å². The van der Waals surface area contributed by atoms with Gasteiger partial charge in [-0.3, -0.25) is 19.1 Å². The van der Waals surface area contributed by atoms with Crippen LogP contribution in [0, 0.1) is 0 Å². The molecule has 0 radical (unpaired) electrons. The van der Waals surface area contributed by atoms with Crippen LogP contribution in [0.15, 0.2) is 39.2 Å². The maximum absolute atomic E-state index is 13.3. The van der Waals surface area contributed by atoms with Crippen LogP contribution >= 0.6 is 22.9 Å². The first-order valence-electron chi connectivity index (χ1n) is 10.9. The number of benzene rings is 1. The van der Waals surface area contributed by atoms with Crippen LogP contribution in [0.2, 0.25) is 5.02 Å². The van der Waals surface area contributed by atoms with Crippen molar-refractivity contribution in [1.29, 1.82) is 0 Å². The van der Waals surface area contributed by atoms with E-state index < -0.39 is 11.2 Å². The maximum atomic E-state index is 13.3. The molecule has 0 saturated heterocycles. The monoisotopic (exact) mass is 489 g/mol. The van der Waals surface area contributed by atoms with Crippen molar-refractivity contribution in [2.75, 3.05) is 17.2 Å². The summed E-state index contributed by atoms with van der Waals surface area (Å²) in [6, 6.07) is 7.57. The second kappa shape index (κ2) is 11.3. The number of amides is 1. The smallest absolute Gasteiger partial charge is 0.330 e. The summed E-state index contributed by atoms with van der Waals surface area (Å²) in [5.74, 6) is -0.281. The number of nitrogens with one attached hydrogen (secondary N) is 1. The van der Waals surface area contributed by atoms with Gasteiger partial charge in [-0.05, 0) is 30.5 Å². The van der Waals surface area contributed by atoms with Crippen LogP contribution in [0.4, 0.5) is 11.5 Å². The topological polar surface area (TPSA) is 114 Å². The first-order chi connectivity index (χ1) is 15.8. The van der Waals surface area contributed by atoms with Crippen molar-refractivity contribution >= 4 is 40.4 Å². The molecule has 0 bridgehead atoms. The Hall–Kier alpha value is -2.91. The number of aromatic amines is 1. The molecule has 0 spiro atoms. The van der Waals surface area contributed by atoms with Crippen LogP contribution in [-0.4, -0.2) is 27.0 Å².